The second-order valence-corrected chi connectivity index (χ2v) is 5.63. The summed E-state index contributed by atoms with van der Waals surface area (Å²) >= 11 is 0. The Morgan fingerprint density at radius 3 is 2.14 bits per heavy atom. The van der Waals surface area contributed by atoms with Crippen molar-refractivity contribution in [3.8, 4) is 0 Å². The topological polar surface area (TPSA) is 83.5 Å². The van der Waals surface area contributed by atoms with E-state index >= 15 is 0 Å². The van der Waals surface area contributed by atoms with Gasteiger partial charge in [0.2, 0.25) is 0 Å². The number of carboxylic acid groups (broad SMARTS) is 1. The van der Waals surface area contributed by atoms with E-state index in [1.54, 1.807) is 0 Å². The molecule has 0 unspecified atom stereocenters. The molecule has 0 aliphatic rings. The van der Waals surface area contributed by atoms with Crippen molar-refractivity contribution in [1.82, 2.24) is 0 Å². The molecule has 0 bridgehead atoms. The van der Waals surface area contributed by atoms with Gasteiger partial charge in [0.1, 0.15) is 11.6 Å². The van der Waals surface area contributed by atoms with E-state index in [1.165, 1.54) is 18.2 Å². The lowest BCUT2D eigenvalue weighted by atomic mass is 10.2. The summed E-state index contributed by atoms with van der Waals surface area (Å²) < 4.78 is 53.0. The van der Waals surface area contributed by atoms with E-state index in [-0.39, 0.29) is 11.3 Å². The lowest BCUT2D eigenvalue weighted by Crippen LogP contribution is -2.18. The number of sulfonamides is 1. The van der Waals surface area contributed by atoms with E-state index in [1.807, 2.05) is 4.72 Å². The molecule has 5 nitrogen and oxygen atoms in total. The fourth-order valence-corrected chi connectivity index (χ4v) is 2.91. The standard InChI is InChI=1S/C13H9F2NO4S/c14-9-5-3-6-10(15)12(9)21(19,20)16-11-7-2-1-4-8(11)13(17)18/h1-7,16H,(H,17,18). The average molecular weight is 313 g/mol. The number of hydrogen-bond donors (Lipinski definition) is 2. The number of carboxylic acids is 1. The first kappa shape index (κ1) is 14.9. The Morgan fingerprint density at radius 1 is 1.00 bits per heavy atom. The molecule has 0 saturated carbocycles. The first-order valence-corrected chi connectivity index (χ1v) is 7.10. The highest BCUT2D eigenvalue weighted by Gasteiger charge is 2.25. The van der Waals surface area contributed by atoms with E-state index in [0.717, 1.165) is 24.3 Å². The molecule has 0 heterocycles. The Bertz CT molecular complexity index is 785. The Labute approximate surface area is 118 Å². The van der Waals surface area contributed by atoms with Gasteiger partial charge in [0.05, 0.1) is 11.3 Å². The highest BCUT2D eigenvalue weighted by molar-refractivity contribution is 7.92. The third-order valence-electron chi connectivity index (χ3n) is 2.59. The second-order valence-electron chi connectivity index (χ2n) is 4.01. The molecular formula is C13H9F2NO4S. The summed E-state index contributed by atoms with van der Waals surface area (Å²) in [4.78, 5) is 9.83. The molecule has 2 aromatic carbocycles. The van der Waals surface area contributed by atoms with Crippen molar-refractivity contribution in [2.75, 3.05) is 4.72 Å². The predicted octanol–water partition coefficient (Wildman–Crippen LogP) is 2.46. The predicted molar refractivity (Wildman–Crippen MR) is 70.6 cm³/mol. The largest absolute Gasteiger partial charge is 0.478 e. The summed E-state index contributed by atoms with van der Waals surface area (Å²) in [6.07, 6.45) is 0. The van der Waals surface area contributed by atoms with Crippen LogP contribution in [-0.2, 0) is 10.0 Å². The van der Waals surface area contributed by atoms with E-state index < -0.39 is 32.5 Å². The van der Waals surface area contributed by atoms with Gasteiger partial charge in [-0.2, -0.15) is 0 Å². The van der Waals surface area contributed by atoms with Gasteiger partial charge in [0, 0.05) is 0 Å². The number of anilines is 1. The summed E-state index contributed by atoms with van der Waals surface area (Å²) in [5.41, 5.74) is -0.620. The molecule has 0 aromatic heterocycles. The molecule has 2 aromatic rings. The molecule has 0 aliphatic heterocycles. The Balaban J connectivity index is 2.51. The molecule has 0 amide bonds. The molecule has 0 spiro atoms. The van der Waals surface area contributed by atoms with Crippen molar-refractivity contribution in [3.05, 3.63) is 59.7 Å². The number of nitrogens with one attached hydrogen (secondary N) is 1. The number of hydrogen-bond acceptors (Lipinski definition) is 3. The molecule has 21 heavy (non-hydrogen) atoms. The molecular weight excluding hydrogens is 304 g/mol. The van der Waals surface area contributed by atoms with Crippen molar-refractivity contribution in [2.45, 2.75) is 4.90 Å². The van der Waals surface area contributed by atoms with Gasteiger partial charge in [0.25, 0.3) is 10.0 Å². The molecule has 0 fully saturated rings. The van der Waals surface area contributed by atoms with E-state index in [9.17, 15) is 22.0 Å². The van der Waals surface area contributed by atoms with Gasteiger partial charge in [0.15, 0.2) is 4.90 Å². The number of benzene rings is 2. The zero-order chi connectivity index (χ0) is 15.6. The summed E-state index contributed by atoms with van der Waals surface area (Å²) in [6, 6.07) is 7.74. The SMILES string of the molecule is O=C(O)c1ccccc1NS(=O)(=O)c1c(F)cccc1F. The summed E-state index contributed by atoms with van der Waals surface area (Å²) in [6.45, 7) is 0. The van der Waals surface area contributed by atoms with Crippen LogP contribution in [0.1, 0.15) is 10.4 Å². The lowest BCUT2D eigenvalue weighted by Gasteiger charge is -2.11. The number of rotatable bonds is 4. The van der Waals surface area contributed by atoms with Crippen LogP contribution < -0.4 is 4.72 Å². The Kier molecular flexibility index (Phi) is 3.90. The maximum absolute atomic E-state index is 13.5. The molecule has 0 radical (unpaired) electrons. The summed E-state index contributed by atoms with van der Waals surface area (Å²) in [5, 5.41) is 8.96. The molecule has 0 aliphatic carbocycles. The fraction of sp³-hybridized carbons (Fsp3) is 0. The van der Waals surface area contributed by atoms with E-state index in [2.05, 4.69) is 0 Å². The highest BCUT2D eigenvalue weighted by atomic mass is 32.2. The number of aromatic carboxylic acids is 1. The third kappa shape index (κ3) is 3.00. The smallest absolute Gasteiger partial charge is 0.337 e. The zero-order valence-electron chi connectivity index (χ0n) is 10.4. The molecule has 110 valence electrons. The van der Waals surface area contributed by atoms with E-state index in [0.29, 0.717) is 0 Å². The first-order valence-electron chi connectivity index (χ1n) is 5.62. The lowest BCUT2D eigenvalue weighted by molar-refractivity contribution is 0.0698. The van der Waals surface area contributed by atoms with Crippen LogP contribution in [0.3, 0.4) is 0 Å². The quantitative estimate of drug-likeness (QED) is 0.908. The van der Waals surface area contributed by atoms with Gasteiger partial charge < -0.3 is 5.11 Å². The first-order chi connectivity index (χ1) is 9.83. The van der Waals surface area contributed by atoms with Gasteiger partial charge in [-0.3, -0.25) is 4.72 Å². The monoisotopic (exact) mass is 313 g/mol. The normalized spacial score (nSPS) is 11.1. The van der Waals surface area contributed by atoms with Crippen LogP contribution in [0.2, 0.25) is 0 Å². The maximum Gasteiger partial charge on any atom is 0.337 e. The third-order valence-corrected chi connectivity index (χ3v) is 4.01. The van der Waals surface area contributed by atoms with Gasteiger partial charge in [-0.1, -0.05) is 18.2 Å². The van der Waals surface area contributed by atoms with Crippen LogP contribution in [0, 0.1) is 11.6 Å². The van der Waals surface area contributed by atoms with Crippen LogP contribution in [0.15, 0.2) is 47.4 Å². The van der Waals surface area contributed by atoms with Gasteiger partial charge in [-0.05, 0) is 24.3 Å². The summed E-state index contributed by atoms with van der Waals surface area (Å²) in [7, 11) is -4.59. The van der Waals surface area contributed by atoms with Gasteiger partial charge in [-0.15, -0.1) is 0 Å². The maximum atomic E-state index is 13.5. The minimum absolute atomic E-state index is 0.285. The van der Waals surface area contributed by atoms with Gasteiger partial charge >= 0.3 is 5.97 Å². The van der Waals surface area contributed by atoms with Gasteiger partial charge in [-0.25, -0.2) is 22.0 Å². The minimum Gasteiger partial charge on any atom is -0.478 e. The summed E-state index contributed by atoms with van der Waals surface area (Å²) in [5.74, 6) is -3.91. The van der Waals surface area contributed by atoms with Crippen LogP contribution in [0.4, 0.5) is 14.5 Å². The number of halogens is 2. The van der Waals surface area contributed by atoms with Crippen molar-refractivity contribution < 1.29 is 27.1 Å². The minimum atomic E-state index is -4.59. The fourth-order valence-electron chi connectivity index (χ4n) is 1.69. The van der Waals surface area contributed by atoms with Crippen molar-refractivity contribution in [2.24, 2.45) is 0 Å². The number of carbonyl (C=O) groups is 1. The van der Waals surface area contributed by atoms with Crippen molar-refractivity contribution >= 4 is 21.7 Å². The van der Waals surface area contributed by atoms with Crippen LogP contribution in [0.25, 0.3) is 0 Å². The molecule has 0 saturated heterocycles. The average Bonchev–Trinajstić information content (AvgIpc) is 2.37. The van der Waals surface area contributed by atoms with Crippen LogP contribution in [0.5, 0.6) is 0 Å². The van der Waals surface area contributed by atoms with Crippen molar-refractivity contribution in [1.29, 1.82) is 0 Å². The Morgan fingerprint density at radius 2 is 1.57 bits per heavy atom. The highest BCUT2D eigenvalue weighted by Crippen LogP contribution is 2.23. The Hall–Kier alpha value is -2.48. The molecule has 8 heteroatoms. The molecule has 2 rings (SSSR count). The van der Waals surface area contributed by atoms with Crippen LogP contribution in [-0.4, -0.2) is 19.5 Å². The number of para-hydroxylation sites is 1. The molecule has 2 N–H and O–H groups in total. The van der Waals surface area contributed by atoms with E-state index in [4.69, 9.17) is 5.11 Å². The second kappa shape index (κ2) is 5.49. The molecule has 0 atom stereocenters. The van der Waals surface area contributed by atoms with Crippen LogP contribution >= 0.6 is 0 Å². The zero-order valence-corrected chi connectivity index (χ0v) is 11.2. The van der Waals surface area contributed by atoms with Crippen molar-refractivity contribution in [3.63, 3.8) is 0 Å².